The van der Waals surface area contributed by atoms with Crippen LogP contribution >= 0.6 is 11.6 Å². The first-order valence-electron chi connectivity index (χ1n) is 6.74. The molecule has 0 aliphatic rings. The molecule has 0 spiro atoms. The number of aromatic nitrogens is 1. The van der Waals surface area contributed by atoms with Crippen LogP contribution in [0, 0.1) is 20.8 Å². The van der Waals surface area contributed by atoms with Gasteiger partial charge in [0.2, 0.25) is 0 Å². The van der Waals surface area contributed by atoms with Gasteiger partial charge >= 0.3 is 5.63 Å². The van der Waals surface area contributed by atoms with Crippen molar-refractivity contribution in [2.75, 3.05) is 0 Å². The maximum atomic E-state index is 11.5. The summed E-state index contributed by atoms with van der Waals surface area (Å²) in [7, 11) is 0. The van der Waals surface area contributed by atoms with Crippen molar-refractivity contribution in [1.29, 1.82) is 0 Å². The Labute approximate surface area is 131 Å². The van der Waals surface area contributed by atoms with Crippen LogP contribution in [0.5, 0.6) is 5.75 Å². The van der Waals surface area contributed by atoms with E-state index in [1.807, 2.05) is 20.8 Å². The fraction of sp³-hybridized carbons (Fsp3) is 0.250. The van der Waals surface area contributed by atoms with Crippen molar-refractivity contribution in [2.45, 2.75) is 27.4 Å². The van der Waals surface area contributed by atoms with Crippen molar-refractivity contribution >= 4 is 22.6 Å². The van der Waals surface area contributed by atoms with Crippen molar-refractivity contribution in [3.05, 3.63) is 56.2 Å². The summed E-state index contributed by atoms with van der Waals surface area (Å²) in [5, 5.41) is 5.12. The Morgan fingerprint density at radius 1 is 1.23 bits per heavy atom. The minimum atomic E-state index is -0.399. The van der Waals surface area contributed by atoms with Gasteiger partial charge in [-0.25, -0.2) is 4.79 Å². The quantitative estimate of drug-likeness (QED) is 0.684. The van der Waals surface area contributed by atoms with Gasteiger partial charge in [-0.2, -0.15) is 0 Å². The van der Waals surface area contributed by atoms with E-state index in [4.69, 9.17) is 25.3 Å². The van der Waals surface area contributed by atoms with Crippen LogP contribution < -0.4 is 10.4 Å². The zero-order chi connectivity index (χ0) is 15.9. The van der Waals surface area contributed by atoms with E-state index in [1.165, 1.54) is 6.07 Å². The lowest BCUT2D eigenvalue weighted by atomic mass is 10.1. The van der Waals surface area contributed by atoms with Crippen LogP contribution in [-0.4, -0.2) is 5.16 Å². The normalized spacial score (nSPS) is 11.1. The number of nitrogens with zero attached hydrogens (tertiary/aromatic N) is 1. The second-order valence-corrected chi connectivity index (χ2v) is 5.53. The topological polar surface area (TPSA) is 65.5 Å². The minimum absolute atomic E-state index is 0.280. The van der Waals surface area contributed by atoms with E-state index >= 15 is 0 Å². The molecule has 6 heteroatoms. The fourth-order valence-corrected chi connectivity index (χ4v) is 2.51. The summed E-state index contributed by atoms with van der Waals surface area (Å²) < 4.78 is 16.0. The third-order valence-corrected chi connectivity index (χ3v) is 3.85. The number of rotatable bonds is 3. The first-order chi connectivity index (χ1) is 10.5. The molecule has 0 aliphatic heterocycles. The first kappa shape index (κ1) is 14.7. The second-order valence-electron chi connectivity index (χ2n) is 5.12. The molecule has 0 radical (unpaired) electrons. The van der Waals surface area contributed by atoms with E-state index in [0.29, 0.717) is 22.1 Å². The van der Waals surface area contributed by atoms with Gasteiger partial charge in [-0.05, 0) is 32.4 Å². The van der Waals surface area contributed by atoms with Gasteiger partial charge in [0.15, 0.2) is 0 Å². The molecule has 3 aromatic rings. The maximum Gasteiger partial charge on any atom is 0.336 e. The summed E-state index contributed by atoms with van der Waals surface area (Å²) >= 11 is 6.25. The lowest BCUT2D eigenvalue weighted by Crippen LogP contribution is -2.00. The van der Waals surface area contributed by atoms with E-state index in [9.17, 15) is 4.79 Å². The Balaban J connectivity index is 1.97. The molecule has 0 aliphatic carbocycles. The fourth-order valence-electron chi connectivity index (χ4n) is 2.29. The van der Waals surface area contributed by atoms with Gasteiger partial charge in [-0.15, -0.1) is 0 Å². The molecular weight excluding hydrogens is 306 g/mol. The first-order valence-corrected chi connectivity index (χ1v) is 7.12. The average Bonchev–Trinajstić information content (AvgIpc) is 2.77. The molecule has 0 N–H and O–H groups in total. The number of ether oxygens (including phenoxy) is 1. The molecule has 1 aromatic carbocycles. The number of halogens is 1. The number of hydrogen-bond acceptors (Lipinski definition) is 5. The molecule has 114 valence electrons. The molecule has 0 unspecified atom stereocenters. The molecule has 0 atom stereocenters. The predicted octanol–water partition coefficient (Wildman–Crippen LogP) is 3.94. The Kier molecular flexibility index (Phi) is 3.66. The van der Waals surface area contributed by atoms with Crippen LogP contribution in [0.4, 0.5) is 0 Å². The molecule has 0 bridgehead atoms. The molecular formula is C16H14ClNO4. The minimum Gasteiger partial charge on any atom is -0.487 e. The van der Waals surface area contributed by atoms with Crippen LogP contribution in [0.1, 0.15) is 22.6 Å². The molecule has 0 amide bonds. The molecule has 3 rings (SSSR count). The Morgan fingerprint density at radius 3 is 2.68 bits per heavy atom. The molecule has 2 heterocycles. The SMILES string of the molecule is Cc1noc(C)c1COc1cc2oc(=O)cc(C)c2cc1Cl. The van der Waals surface area contributed by atoms with E-state index in [0.717, 1.165) is 22.2 Å². The van der Waals surface area contributed by atoms with Crippen molar-refractivity contribution in [3.63, 3.8) is 0 Å². The molecule has 22 heavy (non-hydrogen) atoms. The summed E-state index contributed by atoms with van der Waals surface area (Å²) in [6.07, 6.45) is 0. The maximum absolute atomic E-state index is 11.5. The van der Waals surface area contributed by atoms with Crippen LogP contribution in [0.15, 0.2) is 31.9 Å². The highest BCUT2D eigenvalue weighted by Gasteiger charge is 2.13. The van der Waals surface area contributed by atoms with Gasteiger partial charge < -0.3 is 13.7 Å². The molecule has 0 saturated heterocycles. The number of benzene rings is 1. The highest BCUT2D eigenvalue weighted by atomic mass is 35.5. The number of hydrogen-bond donors (Lipinski definition) is 0. The van der Waals surface area contributed by atoms with Gasteiger partial charge in [0.05, 0.1) is 16.3 Å². The van der Waals surface area contributed by atoms with Crippen LogP contribution in [0.2, 0.25) is 5.02 Å². The molecule has 2 aromatic heterocycles. The zero-order valence-electron chi connectivity index (χ0n) is 12.4. The third kappa shape index (κ3) is 2.60. The van der Waals surface area contributed by atoms with Gasteiger partial charge in [-0.3, -0.25) is 0 Å². The summed E-state index contributed by atoms with van der Waals surface area (Å²) in [6, 6.07) is 4.80. The summed E-state index contributed by atoms with van der Waals surface area (Å²) in [6.45, 7) is 5.78. The highest BCUT2D eigenvalue weighted by molar-refractivity contribution is 6.32. The van der Waals surface area contributed by atoms with Gasteiger partial charge in [0, 0.05) is 17.5 Å². The number of aryl methyl sites for hydroxylation is 3. The Morgan fingerprint density at radius 2 is 2.00 bits per heavy atom. The van der Waals surface area contributed by atoms with E-state index in [1.54, 1.807) is 12.1 Å². The van der Waals surface area contributed by atoms with E-state index in [2.05, 4.69) is 5.16 Å². The summed E-state index contributed by atoms with van der Waals surface area (Å²) in [5.41, 5.74) is 2.51. The molecule has 0 saturated carbocycles. The van der Waals surface area contributed by atoms with Gasteiger partial charge in [0.1, 0.15) is 23.7 Å². The predicted molar refractivity (Wildman–Crippen MR) is 82.5 cm³/mol. The lowest BCUT2D eigenvalue weighted by molar-refractivity contribution is 0.302. The molecule has 0 fully saturated rings. The van der Waals surface area contributed by atoms with Crippen LogP contribution in [0.3, 0.4) is 0 Å². The van der Waals surface area contributed by atoms with E-state index in [-0.39, 0.29) is 6.61 Å². The second kappa shape index (κ2) is 5.50. The van der Waals surface area contributed by atoms with Gasteiger partial charge in [0.25, 0.3) is 0 Å². The monoisotopic (exact) mass is 319 g/mol. The Bertz CT molecular complexity index is 891. The molecule has 5 nitrogen and oxygen atoms in total. The third-order valence-electron chi connectivity index (χ3n) is 3.56. The van der Waals surface area contributed by atoms with Crippen molar-refractivity contribution in [2.24, 2.45) is 0 Å². The van der Waals surface area contributed by atoms with Crippen LogP contribution in [-0.2, 0) is 6.61 Å². The van der Waals surface area contributed by atoms with E-state index < -0.39 is 5.63 Å². The number of fused-ring (bicyclic) bond motifs is 1. The largest absolute Gasteiger partial charge is 0.487 e. The average molecular weight is 320 g/mol. The summed E-state index contributed by atoms with van der Waals surface area (Å²) in [5.74, 6) is 1.15. The Hall–Kier alpha value is -2.27. The lowest BCUT2D eigenvalue weighted by Gasteiger charge is -2.09. The highest BCUT2D eigenvalue weighted by Crippen LogP contribution is 2.31. The zero-order valence-corrected chi connectivity index (χ0v) is 13.2. The van der Waals surface area contributed by atoms with Gasteiger partial charge in [-0.1, -0.05) is 16.8 Å². The van der Waals surface area contributed by atoms with Crippen LogP contribution in [0.25, 0.3) is 11.0 Å². The van der Waals surface area contributed by atoms with Crippen molar-refractivity contribution < 1.29 is 13.7 Å². The van der Waals surface area contributed by atoms with Crippen molar-refractivity contribution in [1.82, 2.24) is 5.16 Å². The smallest absolute Gasteiger partial charge is 0.336 e. The standard InChI is InChI=1S/C16H14ClNO4/c1-8-4-16(19)21-14-6-15(13(17)5-11(8)14)20-7-12-9(2)18-22-10(12)3/h4-6H,7H2,1-3H3. The van der Waals surface area contributed by atoms with Crippen molar-refractivity contribution in [3.8, 4) is 5.75 Å². The summed E-state index contributed by atoms with van der Waals surface area (Å²) in [4.78, 5) is 11.5.